The van der Waals surface area contributed by atoms with Crippen molar-refractivity contribution in [2.75, 3.05) is 11.5 Å². The molecule has 8 atom stereocenters. The zero-order chi connectivity index (χ0) is 39.6. The van der Waals surface area contributed by atoms with Gasteiger partial charge in [0.25, 0.3) is 0 Å². The fourth-order valence-electron chi connectivity index (χ4n) is 11.7. The number of benzene rings is 2. The molecule has 6 fully saturated rings. The number of hydrogen-bond donors (Lipinski definition) is 0. The number of carbonyl (C=O) groups excluding carboxylic acids is 4. The van der Waals surface area contributed by atoms with Crippen LogP contribution in [0.2, 0.25) is 0 Å². The first-order chi connectivity index (χ1) is 25.0. The normalized spacial score (nSPS) is 33.7. The molecular formula is C42H54N2O8S2. The molecule has 0 unspecified atom stereocenters. The van der Waals surface area contributed by atoms with E-state index in [-0.39, 0.29) is 56.8 Å². The number of nitrogens with zero attached hydrogens (tertiary/aromatic N) is 2. The van der Waals surface area contributed by atoms with E-state index >= 15 is 0 Å². The van der Waals surface area contributed by atoms with Gasteiger partial charge in [0.15, 0.2) is 11.6 Å². The lowest BCUT2D eigenvalue weighted by molar-refractivity contribution is -0.132. The number of fused-ring (bicyclic) bond motifs is 2. The largest absolute Gasteiger partial charge is 0.293 e. The molecule has 2 spiro atoms. The summed E-state index contributed by atoms with van der Waals surface area (Å²) >= 11 is 0. The topological polar surface area (TPSA) is 143 Å². The molecule has 0 radical (unpaired) electrons. The Bertz CT molecular complexity index is 1990. The predicted molar refractivity (Wildman–Crippen MR) is 205 cm³/mol. The van der Waals surface area contributed by atoms with Gasteiger partial charge in [-0.05, 0) is 88.9 Å². The van der Waals surface area contributed by atoms with E-state index in [2.05, 4.69) is 27.7 Å². The van der Waals surface area contributed by atoms with Crippen LogP contribution in [0, 0.1) is 59.2 Å². The Kier molecular flexibility index (Phi) is 9.05. The lowest BCUT2D eigenvalue weighted by Gasteiger charge is -2.37. The molecule has 8 rings (SSSR count). The van der Waals surface area contributed by atoms with E-state index < -0.39 is 43.7 Å². The summed E-state index contributed by atoms with van der Waals surface area (Å²) in [6, 6.07) is 13.5. The van der Waals surface area contributed by atoms with Crippen molar-refractivity contribution in [3.8, 4) is 0 Å². The standard InChI is InChI=1S/2C21H27NO4S/c2*1-13-5-7-15(8-6-13)18(23)14(2)19(24)22-17-11-16-9-10-21(17,20(16,3)4)12-27(22,25)26/h2*5-8,14,16-17H,9-12H2,1-4H3/t2*14-,16-,17-,21-/m11/s1. The van der Waals surface area contributed by atoms with Crippen LogP contribution in [0.15, 0.2) is 48.5 Å². The lowest BCUT2D eigenvalue weighted by Crippen LogP contribution is -2.47. The summed E-state index contributed by atoms with van der Waals surface area (Å²) in [5, 5.41) is 0. The SMILES string of the molecule is Cc1ccc(C(=O)[C@@H](C)C(=O)N2[C@@H]3C[C@H]4CC[C@]3(CS2(=O)=O)C4(C)C)cc1.Cc1ccc(C(=O)[C@@H](C)C(=O)N2[C@@H]3C[C@H]4CC[C@]3(CS2(=O)=O)C4(C)C)cc1. The third kappa shape index (κ3) is 5.42. The molecule has 2 saturated heterocycles. The molecular weight excluding hydrogens is 725 g/mol. The number of aryl methyl sites for hydroxylation is 2. The number of sulfonamides is 2. The van der Waals surface area contributed by atoms with Gasteiger partial charge in [-0.25, -0.2) is 25.4 Å². The van der Waals surface area contributed by atoms with Gasteiger partial charge in [0.2, 0.25) is 31.9 Å². The average Bonchev–Trinajstić information content (AvgIpc) is 3.80. The van der Waals surface area contributed by atoms with E-state index in [0.29, 0.717) is 23.0 Å². The Morgan fingerprint density at radius 2 is 0.907 bits per heavy atom. The quantitative estimate of drug-likeness (QED) is 0.244. The minimum Gasteiger partial charge on any atom is -0.293 e. The van der Waals surface area contributed by atoms with Gasteiger partial charge in [-0.2, -0.15) is 0 Å². The maximum atomic E-state index is 13.2. The summed E-state index contributed by atoms with van der Waals surface area (Å²) in [4.78, 5) is 52.0. The molecule has 12 heteroatoms. The van der Waals surface area contributed by atoms with Crippen LogP contribution in [-0.4, -0.2) is 72.4 Å². The van der Waals surface area contributed by atoms with Crippen LogP contribution in [0.1, 0.15) is 112 Å². The Morgan fingerprint density at radius 1 is 0.593 bits per heavy atom. The molecule has 2 aromatic rings. The fraction of sp³-hybridized carbons (Fsp3) is 0.619. The van der Waals surface area contributed by atoms with Gasteiger partial charge in [-0.15, -0.1) is 0 Å². The van der Waals surface area contributed by atoms with Gasteiger partial charge < -0.3 is 0 Å². The molecule has 4 bridgehead atoms. The van der Waals surface area contributed by atoms with Crippen LogP contribution in [0.4, 0.5) is 0 Å². The number of carbonyl (C=O) groups is 4. The lowest BCUT2D eigenvalue weighted by atomic mass is 9.69. The number of amides is 2. The summed E-state index contributed by atoms with van der Waals surface area (Å²) in [6.45, 7) is 15.5. The predicted octanol–water partition coefficient (Wildman–Crippen LogP) is 6.36. The van der Waals surface area contributed by atoms with Gasteiger partial charge in [-0.1, -0.05) is 87.4 Å². The zero-order valence-corrected chi connectivity index (χ0v) is 34.3. The van der Waals surface area contributed by atoms with Gasteiger partial charge in [0, 0.05) is 22.0 Å². The van der Waals surface area contributed by atoms with Crippen molar-refractivity contribution in [1.82, 2.24) is 8.61 Å². The second-order valence-corrected chi connectivity index (χ2v) is 22.1. The molecule has 6 aliphatic rings. The maximum Gasteiger partial charge on any atom is 0.246 e. The number of hydrogen-bond acceptors (Lipinski definition) is 8. The van der Waals surface area contributed by atoms with Crippen LogP contribution >= 0.6 is 0 Å². The second-order valence-electron chi connectivity index (χ2n) is 18.4. The van der Waals surface area contributed by atoms with E-state index in [9.17, 15) is 36.0 Å². The molecule has 2 aliphatic heterocycles. The van der Waals surface area contributed by atoms with Crippen molar-refractivity contribution < 1.29 is 36.0 Å². The molecule has 0 aromatic heterocycles. The highest BCUT2D eigenvalue weighted by atomic mass is 32.2. The number of ketones is 2. The Morgan fingerprint density at radius 3 is 1.20 bits per heavy atom. The van der Waals surface area contributed by atoms with Crippen molar-refractivity contribution in [2.24, 2.45) is 45.3 Å². The van der Waals surface area contributed by atoms with E-state index in [1.165, 1.54) is 13.8 Å². The summed E-state index contributed by atoms with van der Waals surface area (Å²) in [5.74, 6) is -2.82. The zero-order valence-electron chi connectivity index (χ0n) is 32.7. The van der Waals surface area contributed by atoms with Crippen molar-refractivity contribution in [2.45, 2.75) is 106 Å². The fourth-order valence-corrected chi connectivity index (χ4v) is 16.9. The molecule has 2 heterocycles. The molecule has 2 aromatic carbocycles. The Labute approximate surface area is 320 Å². The van der Waals surface area contributed by atoms with E-state index in [1.807, 2.05) is 38.1 Å². The Hall–Kier alpha value is -3.38. The highest BCUT2D eigenvalue weighted by Crippen LogP contribution is 2.71. The summed E-state index contributed by atoms with van der Waals surface area (Å²) in [6.07, 6.45) is 5.20. The number of Topliss-reactive ketones (excluding diaryl/α,β-unsaturated/α-hetero) is 2. The first-order valence-corrected chi connectivity index (χ1v) is 22.6. The maximum absolute atomic E-state index is 13.2. The first kappa shape index (κ1) is 38.9. The Balaban J connectivity index is 0.000000167. The highest BCUT2D eigenvalue weighted by molar-refractivity contribution is 7.90. The molecule has 4 saturated carbocycles. The van der Waals surface area contributed by atoms with Gasteiger partial charge >= 0.3 is 0 Å². The van der Waals surface area contributed by atoms with Crippen LogP contribution in [-0.2, 0) is 29.6 Å². The van der Waals surface area contributed by atoms with Gasteiger partial charge in [-0.3, -0.25) is 19.2 Å². The minimum absolute atomic E-state index is 0.0331. The van der Waals surface area contributed by atoms with Crippen LogP contribution in [0.3, 0.4) is 0 Å². The third-order valence-electron chi connectivity index (χ3n) is 15.5. The van der Waals surface area contributed by atoms with Crippen LogP contribution in [0.25, 0.3) is 0 Å². The van der Waals surface area contributed by atoms with Gasteiger partial charge in [0.1, 0.15) is 0 Å². The molecule has 2 amide bonds. The molecule has 4 aliphatic carbocycles. The summed E-state index contributed by atoms with van der Waals surface area (Å²) < 4.78 is 54.2. The smallest absolute Gasteiger partial charge is 0.246 e. The third-order valence-corrected chi connectivity index (χ3v) is 19.3. The van der Waals surface area contributed by atoms with E-state index in [0.717, 1.165) is 58.3 Å². The van der Waals surface area contributed by atoms with E-state index in [4.69, 9.17) is 0 Å². The first-order valence-electron chi connectivity index (χ1n) is 19.4. The van der Waals surface area contributed by atoms with Crippen LogP contribution in [0.5, 0.6) is 0 Å². The molecule has 54 heavy (non-hydrogen) atoms. The van der Waals surface area contributed by atoms with Gasteiger partial charge in [0.05, 0.1) is 35.4 Å². The van der Waals surface area contributed by atoms with Crippen molar-refractivity contribution in [3.05, 3.63) is 70.8 Å². The second kappa shape index (κ2) is 12.6. The highest BCUT2D eigenvalue weighted by Gasteiger charge is 2.73. The number of rotatable bonds is 6. The molecule has 0 N–H and O–H groups in total. The van der Waals surface area contributed by atoms with E-state index in [1.54, 1.807) is 24.3 Å². The van der Waals surface area contributed by atoms with Crippen molar-refractivity contribution >= 4 is 43.4 Å². The molecule has 292 valence electrons. The minimum atomic E-state index is -3.70. The van der Waals surface area contributed by atoms with Crippen molar-refractivity contribution in [3.63, 3.8) is 0 Å². The average molecular weight is 779 g/mol. The van der Waals surface area contributed by atoms with Crippen LogP contribution < -0.4 is 0 Å². The summed E-state index contributed by atoms with van der Waals surface area (Å²) in [5.41, 5.74) is 2.03. The van der Waals surface area contributed by atoms with Crippen molar-refractivity contribution in [1.29, 1.82) is 0 Å². The summed E-state index contributed by atoms with van der Waals surface area (Å²) in [7, 11) is -7.39. The monoisotopic (exact) mass is 778 g/mol. The molecule has 10 nitrogen and oxygen atoms in total.